The van der Waals surface area contributed by atoms with Gasteiger partial charge in [0.15, 0.2) is 0 Å². The van der Waals surface area contributed by atoms with E-state index < -0.39 is 5.54 Å². The van der Waals surface area contributed by atoms with E-state index in [-0.39, 0.29) is 12.0 Å². The van der Waals surface area contributed by atoms with Crippen molar-refractivity contribution in [1.29, 1.82) is 0 Å². The van der Waals surface area contributed by atoms with Crippen LogP contribution in [0.2, 0.25) is 5.02 Å². The Kier molecular flexibility index (Phi) is 4.47. The fraction of sp³-hybridized carbons (Fsp3) is 0.692. The van der Waals surface area contributed by atoms with Crippen molar-refractivity contribution in [1.82, 2.24) is 15.1 Å². The topological polar surface area (TPSA) is 56.1 Å². The molecule has 1 saturated carbocycles. The molecule has 1 heterocycles. The number of carbonyl (C=O) groups excluding carboxylic acids is 1. The Morgan fingerprint density at radius 3 is 3.11 bits per heavy atom. The van der Waals surface area contributed by atoms with Crippen LogP contribution in [0.15, 0.2) is 12.4 Å². The maximum Gasteiger partial charge on any atom is 0.326 e. The zero-order valence-corrected chi connectivity index (χ0v) is 12.1. The van der Waals surface area contributed by atoms with Crippen LogP contribution < -0.4 is 5.32 Å². The molecule has 1 aromatic heterocycles. The predicted molar refractivity (Wildman–Crippen MR) is 73.2 cm³/mol. The fourth-order valence-corrected chi connectivity index (χ4v) is 2.91. The highest BCUT2D eigenvalue weighted by Crippen LogP contribution is 2.36. The van der Waals surface area contributed by atoms with Crippen LogP contribution >= 0.6 is 11.6 Å². The van der Waals surface area contributed by atoms with Crippen LogP contribution in [0, 0.1) is 0 Å². The minimum atomic E-state index is -0.600. The molecule has 0 bridgehead atoms. The Labute approximate surface area is 118 Å². The van der Waals surface area contributed by atoms with Gasteiger partial charge in [0.05, 0.1) is 23.9 Å². The lowest BCUT2D eigenvalue weighted by Crippen LogP contribution is -2.54. The maximum atomic E-state index is 12.2. The molecule has 2 rings (SSSR count). The second-order valence-electron chi connectivity index (χ2n) is 4.94. The summed E-state index contributed by atoms with van der Waals surface area (Å²) in [5.74, 6) is -0.166. The molecule has 2 unspecified atom stereocenters. The smallest absolute Gasteiger partial charge is 0.326 e. The molecule has 106 valence electrons. The minimum absolute atomic E-state index is 0.166. The van der Waals surface area contributed by atoms with Crippen LogP contribution in [-0.4, -0.2) is 34.9 Å². The van der Waals surface area contributed by atoms with Gasteiger partial charge in [-0.15, -0.1) is 0 Å². The Balaban J connectivity index is 2.16. The highest BCUT2D eigenvalue weighted by molar-refractivity contribution is 6.30. The predicted octanol–water partition coefficient (Wildman–Crippen LogP) is 2.17. The molecule has 0 saturated heterocycles. The highest BCUT2D eigenvalue weighted by atomic mass is 35.5. The number of aromatic nitrogens is 2. The average Bonchev–Trinajstić information content (AvgIpc) is 2.86. The molecule has 0 aliphatic heterocycles. The molecule has 1 aliphatic rings. The average molecular weight is 286 g/mol. The van der Waals surface area contributed by atoms with Crippen LogP contribution in [0.3, 0.4) is 0 Å². The first-order chi connectivity index (χ1) is 9.11. The van der Waals surface area contributed by atoms with Crippen molar-refractivity contribution in [3.63, 3.8) is 0 Å². The second-order valence-corrected chi connectivity index (χ2v) is 5.38. The minimum Gasteiger partial charge on any atom is -0.465 e. The lowest BCUT2D eigenvalue weighted by Gasteiger charge is -2.38. The van der Waals surface area contributed by atoms with Crippen LogP contribution in [0.5, 0.6) is 0 Å². The van der Waals surface area contributed by atoms with Crippen LogP contribution in [0.1, 0.15) is 38.6 Å². The Bertz CT molecular complexity index is 449. The van der Waals surface area contributed by atoms with Crippen molar-refractivity contribution in [2.75, 3.05) is 13.7 Å². The number of rotatable bonds is 4. The summed E-state index contributed by atoms with van der Waals surface area (Å²) in [5.41, 5.74) is -0.600. The summed E-state index contributed by atoms with van der Waals surface area (Å²) in [7, 11) is 1.81. The van der Waals surface area contributed by atoms with Gasteiger partial charge in [0.25, 0.3) is 0 Å². The van der Waals surface area contributed by atoms with Crippen LogP contribution in [-0.2, 0) is 9.53 Å². The Hall–Kier alpha value is -1.07. The number of likely N-dealkylation sites (N-methyl/N-ethyl adjacent to an activating group) is 1. The number of ether oxygens (including phenoxy) is 1. The molecular weight excluding hydrogens is 266 g/mol. The van der Waals surface area contributed by atoms with Crippen molar-refractivity contribution in [3.05, 3.63) is 17.4 Å². The molecule has 0 aromatic carbocycles. The summed E-state index contributed by atoms with van der Waals surface area (Å²) in [5, 5.41) is 8.03. The second kappa shape index (κ2) is 5.92. The van der Waals surface area contributed by atoms with E-state index in [1.807, 2.05) is 24.9 Å². The van der Waals surface area contributed by atoms with Crippen molar-refractivity contribution < 1.29 is 9.53 Å². The zero-order chi connectivity index (χ0) is 13.9. The molecule has 19 heavy (non-hydrogen) atoms. The SMILES string of the molecule is CCOC(=O)C1(NC)CCCC(n2cc(Cl)cn2)C1. The van der Waals surface area contributed by atoms with Gasteiger partial charge in [-0.3, -0.25) is 9.48 Å². The van der Waals surface area contributed by atoms with Crippen LogP contribution in [0.25, 0.3) is 0 Å². The molecule has 0 spiro atoms. The van der Waals surface area contributed by atoms with Gasteiger partial charge >= 0.3 is 5.97 Å². The van der Waals surface area contributed by atoms with E-state index in [4.69, 9.17) is 16.3 Å². The lowest BCUT2D eigenvalue weighted by atomic mass is 9.79. The molecule has 2 atom stereocenters. The standard InChI is InChI=1S/C13H20ClN3O2/c1-3-19-12(18)13(15-2)6-4-5-11(7-13)17-9-10(14)8-16-17/h8-9,11,15H,3-7H2,1-2H3. The van der Waals surface area contributed by atoms with E-state index in [1.165, 1.54) is 0 Å². The van der Waals surface area contributed by atoms with Crippen molar-refractivity contribution in [3.8, 4) is 0 Å². The number of nitrogens with zero attached hydrogens (tertiary/aromatic N) is 2. The van der Waals surface area contributed by atoms with Crippen LogP contribution in [0.4, 0.5) is 0 Å². The Morgan fingerprint density at radius 1 is 1.74 bits per heavy atom. The zero-order valence-electron chi connectivity index (χ0n) is 11.4. The molecule has 0 radical (unpaired) electrons. The van der Waals surface area contributed by atoms with Gasteiger partial charge in [-0.05, 0) is 39.7 Å². The quantitative estimate of drug-likeness (QED) is 0.862. The van der Waals surface area contributed by atoms with Gasteiger partial charge < -0.3 is 10.1 Å². The number of halogens is 1. The van der Waals surface area contributed by atoms with Gasteiger partial charge in [-0.2, -0.15) is 5.10 Å². The van der Waals surface area contributed by atoms with E-state index in [0.29, 0.717) is 18.1 Å². The number of hydrogen-bond acceptors (Lipinski definition) is 4. The van der Waals surface area contributed by atoms with E-state index in [0.717, 1.165) is 19.3 Å². The molecular formula is C13H20ClN3O2. The molecule has 0 amide bonds. The number of esters is 1. The number of hydrogen-bond donors (Lipinski definition) is 1. The molecule has 5 nitrogen and oxygen atoms in total. The first kappa shape index (κ1) is 14.3. The molecule has 1 aromatic rings. The lowest BCUT2D eigenvalue weighted by molar-refractivity contribution is -0.153. The first-order valence-electron chi connectivity index (χ1n) is 6.67. The van der Waals surface area contributed by atoms with Crippen molar-refractivity contribution in [2.45, 2.75) is 44.2 Å². The van der Waals surface area contributed by atoms with Gasteiger partial charge in [-0.1, -0.05) is 11.6 Å². The third-order valence-corrected chi connectivity index (χ3v) is 4.01. The normalized spacial score (nSPS) is 27.2. The van der Waals surface area contributed by atoms with Crippen molar-refractivity contribution in [2.24, 2.45) is 0 Å². The third-order valence-electron chi connectivity index (χ3n) is 3.81. The summed E-state index contributed by atoms with van der Waals surface area (Å²) >= 11 is 5.91. The van der Waals surface area contributed by atoms with Gasteiger partial charge in [0.1, 0.15) is 5.54 Å². The monoisotopic (exact) mass is 285 g/mol. The Morgan fingerprint density at radius 2 is 2.53 bits per heavy atom. The first-order valence-corrected chi connectivity index (χ1v) is 7.05. The van der Waals surface area contributed by atoms with Gasteiger partial charge in [0, 0.05) is 6.20 Å². The van der Waals surface area contributed by atoms with E-state index in [2.05, 4.69) is 10.4 Å². The summed E-state index contributed by atoms with van der Waals surface area (Å²) in [4.78, 5) is 12.2. The van der Waals surface area contributed by atoms with Gasteiger partial charge in [-0.25, -0.2) is 0 Å². The summed E-state index contributed by atoms with van der Waals surface area (Å²) in [6.45, 7) is 2.23. The summed E-state index contributed by atoms with van der Waals surface area (Å²) in [6.07, 6.45) is 6.88. The van der Waals surface area contributed by atoms with E-state index in [9.17, 15) is 4.79 Å². The largest absolute Gasteiger partial charge is 0.465 e. The van der Waals surface area contributed by atoms with Gasteiger partial charge in [0.2, 0.25) is 0 Å². The van der Waals surface area contributed by atoms with E-state index in [1.54, 1.807) is 6.20 Å². The molecule has 6 heteroatoms. The molecule has 1 N–H and O–H groups in total. The number of nitrogens with one attached hydrogen (secondary N) is 1. The number of carbonyl (C=O) groups is 1. The molecule has 1 fully saturated rings. The molecule has 1 aliphatic carbocycles. The summed E-state index contributed by atoms with van der Waals surface area (Å²) in [6, 6.07) is 0.179. The highest BCUT2D eigenvalue weighted by Gasteiger charge is 2.43. The van der Waals surface area contributed by atoms with Crippen molar-refractivity contribution >= 4 is 17.6 Å². The third kappa shape index (κ3) is 2.92. The maximum absolute atomic E-state index is 12.2. The summed E-state index contributed by atoms with van der Waals surface area (Å²) < 4.78 is 7.06. The fourth-order valence-electron chi connectivity index (χ4n) is 2.77. The van der Waals surface area contributed by atoms with E-state index >= 15 is 0 Å².